The summed E-state index contributed by atoms with van der Waals surface area (Å²) < 4.78 is 22.7. The molecule has 7 heteroatoms. The lowest BCUT2D eigenvalue weighted by molar-refractivity contribution is -0.202. The van der Waals surface area contributed by atoms with Gasteiger partial charge in [-0.25, -0.2) is 0 Å². The highest BCUT2D eigenvalue weighted by Crippen LogP contribution is 2.34. The van der Waals surface area contributed by atoms with Crippen LogP contribution in [-0.4, -0.2) is 26.3 Å². The molecule has 1 heterocycles. The minimum atomic E-state index is -3.18. The number of hydrogen-bond donors (Lipinski definition) is 0. The fraction of sp³-hybridized carbons (Fsp3) is 0.556. The van der Waals surface area contributed by atoms with Crippen LogP contribution in [0.15, 0.2) is 18.2 Å². The molecule has 2 rings (SSSR count). The summed E-state index contributed by atoms with van der Waals surface area (Å²) in [6.07, 6.45) is 0.779. The van der Waals surface area contributed by atoms with E-state index in [4.69, 9.17) is 18.3 Å². The fourth-order valence-electron chi connectivity index (χ4n) is 3.10. The molecule has 0 radical (unpaired) electrons. The van der Waals surface area contributed by atoms with Crippen LogP contribution in [0, 0.1) is 5.92 Å². The quantitative estimate of drug-likeness (QED) is 0.746. The van der Waals surface area contributed by atoms with Gasteiger partial charge in [-0.1, -0.05) is 19.9 Å². The molecule has 6 nitrogen and oxygen atoms in total. The maximum atomic E-state index is 11.5. The zero-order valence-electron chi connectivity index (χ0n) is 15.7. The summed E-state index contributed by atoms with van der Waals surface area (Å²) in [6.45, 7) is 10.8. The summed E-state index contributed by atoms with van der Waals surface area (Å²) in [5.74, 6) is -0.445. The lowest BCUT2D eigenvalue weighted by atomic mass is 10.0. The second-order valence-electron chi connectivity index (χ2n) is 7.08. The van der Waals surface area contributed by atoms with Crippen LogP contribution in [0.3, 0.4) is 0 Å². The van der Waals surface area contributed by atoms with E-state index in [2.05, 4.69) is 13.8 Å². The molecular weight excluding hydrogens is 340 g/mol. The predicted octanol–water partition coefficient (Wildman–Crippen LogP) is 2.76. The van der Waals surface area contributed by atoms with Gasteiger partial charge in [0.2, 0.25) is 5.79 Å². The van der Waals surface area contributed by atoms with Crippen molar-refractivity contribution in [3.63, 3.8) is 0 Å². The van der Waals surface area contributed by atoms with Gasteiger partial charge in [0.15, 0.2) is 0 Å². The van der Waals surface area contributed by atoms with Crippen molar-refractivity contribution in [3.05, 3.63) is 23.8 Å². The van der Waals surface area contributed by atoms with E-state index in [9.17, 15) is 9.59 Å². The second-order valence-corrected chi connectivity index (χ2v) is 9.96. The molecule has 1 aromatic carbocycles. The van der Waals surface area contributed by atoms with Crippen molar-refractivity contribution in [2.75, 3.05) is 0 Å². The molecule has 0 saturated carbocycles. The Labute approximate surface area is 149 Å². The van der Waals surface area contributed by atoms with Crippen molar-refractivity contribution in [1.29, 1.82) is 0 Å². The van der Waals surface area contributed by atoms with Gasteiger partial charge in [0.25, 0.3) is 11.9 Å². The first-order chi connectivity index (χ1) is 11.5. The highest BCUT2D eigenvalue weighted by Gasteiger charge is 2.42. The highest BCUT2D eigenvalue weighted by molar-refractivity contribution is 6.82. The Morgan fingerprint density at radius 2 is 1.84 bits per heavy atom. The summed E-state index contributed by atoms with van der Waals surface area (Å²) in [5.41, 5.74) is 0.844. The molecular formula is C18H26O6Si. The van der Waals surface area contributed by atoms with E-state index in [0.29, 0.717) is 17.7 Å². The van der Waals surface area contributed by atoms with Crippen molar-refractivity contribution in [3.8, 4) is 5.75 Å². The van der Waals surface area contributed by atoms with E-state index in [1.807, 2.05) is 19.1 Å². The Morgan fingerprint density at radius 1 is 1.24 bits per heavy atom. The van der Waals surface area contributed by atoms with Crippen molar-refractivity contribution in [2.24, 2.45) is 5.92 Å². The number of fused-ring (bicyclic) bond motifs is 1. The van der Waals surface area contributed by atoms with Gasteiger partial charge in [-0.3, -0.25) is 9.59 Å². The first-order valence-electron chi connectivity index (χ1n) is 8.38. The summed E-state index contributed by atoms with van der Waals surface area (Å²) in [7, 11) is -3.18. The zero-order valence-corrected chi connectivity index (χ0v) is 16.7. The van der Waals surface area contributed by atoms with Crippen LogP contribution < -0.4 is 9.92 Å². The molecule has 25 heavy (non-hydrogen) atoms. The molecule has 0 aromatic heterocycles. The van der Waals surface area contributed by atoms with Gasteiger partial charge >= 0.3 is 8.56 Å². The Morgan fingerprint density at radius 3 is 2.36 bits per heavy atom. The van der Waals surface area contributed by atoms with Crippen LogP contribution in [0.25, 0.3) is 0 Å². The zero-order chi connectivity index (χ0) is 18.8. The van der Waals surface area contributed by atoms with Crippen molar-refractivity contribution >= 4 is 25.7 Å². The van der Waals surface area contributed by atoms with Crippen LogP contribution >= 0.6 is 0 Å². The molecule has 1 unspecified atom stereocenters. The number of ether oxygens (including phenoxy) is 2. The summed E-state index contributed by atoms with van der Waals surface area (Å²) in [6, 6.07) is 5.45. The lowest BCUT2D eigenvalue weighted by Crippen LogP contribution is -2.53. The van der Waals surface area contributed by atoms with Crippen molar-refractivity contribution in [1.82, 2.24) is 0 Å². The van der Waals surface area contributed by atoms with Gasteiger partial charge < -0.3 is 18.3 Å². The number of benzene rings is 1. The van der Waals surface area contributed by atoms with E-state index >= 15 is 0 Å². The summed E-state index contributed by atoms with van der Waals surface area (Å²) in [5, 5.41) is 0.677. The van der Waals surface area contributed by atoms with Crippen LogP contribution in [0.4, 0.5) is 0 Å². The second kappa shape index (κ2) is 7.17. The minimum Gasteiger partial charge on any atom is -0.482 e. The SMILES string of the molecule is CC(=O)O[Si](C)(OC(C)=O)c1ccc2c(c1)COC(C)(CC(C)C)O2. The number of carbonyl (C=O) groups excluding carboxylic acids is 2. The molecule has 0 spiro atoms. The summed E-state index contributed by atoms with van der Waals surface area (Å²) in [4.78, 5) is 22.9. The molecule has 0 aliphatic carbocycles. The number of carbonyl (C=O) groups is 2. The third-order valence-electron chi connectivity index (χ3n) is 3.90. The number of hydrogen-bond acceptors (Lipinski definition) is 6. The van der Waals surface area contributed by atoms with E-state index < -0.39 is 26.3 Å². The third-order valence-corrected chi connectivity index (χ3v) is 6.61. The normalized spacial score (nSPS) is 19.8. The Balaban J connectivity index is 2.31. The Kier molecular flexibility index (Phi) is 5.58. The maximum absolute atomic E-state index is 11.5. The van der Waals surface area contributed by atoms with Crippen molar-refractivity contribution < 1.29 is 27.9 Å². The molecule has 1 aliphatic rings. The molecule has 0 amide bonds. The molecule has 138 valence electrons. The maximum Gasteiger partial charge on any atom is 0.496 e. The Hall–Kier alpha value is -1.86. The van der Waals surface area contributed by atoms with Gasteiger partial charge in [-0.15, -0.1) is 0 Å². The summed E-state index contributed by atoms with van der Waals surface area (Å²) >= 11 is 0. The monoisotopic (exact) mass is 366 g/mol. The largest absolute Gasteiger partial charge is 0.496 e. The average Bonchev–Trinajstić information content (AvgIpc) is 2.43. The van der Waals surface area contributed by atoms with E-state index in [0.717, 1.165) is 17.7 Å². The molecule has 1 aromatic rings. The first-order valence-corrected chi connectivity index (χ1v) is 10.7. The molecule has 0 bridgehead atoms. The topological polar surface area (TPSA) is 71.1 Å². The molecule has 0 N–H and O–H groups in total. The number of rotatable bonds is 5. The smallest absolute Gasteiger partial charge is 0.482 e. The van der Waals surface area contributed by atoms with Crippen LogP contribution in [0.5, 0.6) is 5.75 Å². The van der Waals surface area contributed by atoms with E-state index in [1.54, 1.807) is 12.6 Å². The van der Waals surface area contributed by atoms with E-state index in [1.165, 1.54) is 13.8 Å². The van der Waals surface area contributed by atoms with Gasteiger partial charge in [0.05, 0.1) is 6.61 Å². The van der Waals surface area contributed by atoms with Crippen molar-refractivity contribution in [2.45, 2.75) is 60.0 Å². The van der Waals surface area contributed by atoms with Crippen LogP contribution in [0.1, 0.15) is 46.6 Å². The van der Waals surface area contributed by atoms with Crippen LogP contribution in [-0.2, 0) is 29.8 Å². The van der Waals surface area contributed by atoms with E-state index in [-0.39, 0.29) is 0 Å². The Bertz CT molecular complexity index is 656. The van der Waals surface area contributed by atoms with Gasteiger partial charge in [-0.05, 0) is 18.1 Å². The molecule has 1 atom stereocenters. The minimum absolute atomic E-state index is 0.386. The predicted molar refractivity (Wildman–Crippen MR) is 94.5 cm³/mol. The van der Waals surface area contributed by atoms with Gasteiger partial charge in [0, 0.05) is 44.5 Å². The fourth-order valence-corrected chi connectivity index (χ4v) is 5.29. The van der Waals surface area contributed by atoms with Crippen LogP contribution in [0.2, 0.25) is 6.55 Å². The lowest BCUT2D eigenvalue weighted by Gasteiger charge is -2.37. The third kappa shape index (κ3) is 4.82. The molecule has 0 fully saturated rings. The molecule has 1 aliphatic heterocycles. The first kappa shape index (κ1) is 19.5. The standard InChI is InChI=1S/C18H26O6Si/c1-12(2)10-18(5)21-11-15-9-16(7-8-17(15)22-18)25(6,23-13(3)19)24-14(4)20/h7-9,12H,10-11H2,1-6H3. The molecule has 0 saturated heterocycles. The van der Waals surface area contributed by atoms with Gasteiger partial charge in [0.1, 0.15) is 5.75 Å². The average molecular weight is 366 g/mol. The van der Waals surface area contributed by atoms with Gasteiger partial charge in [-0.2, -0.15) is 0 Å². The highest BCUT2D eigenvalue weighted by atomic mass is 28.4.